The summed E-state index contributed by atoms with van der Waals surface area (Å²) in [6.07, 6.45) is 3.28. The monoisotopic (exact) mass is 460 g/mol. The summed E-state index contributed by atoms with van der Waals surface area (Å²) in [5, 5.41) is 0.696. The summed E-state index contributed by atoms with van der Waals surface area (Å²) in [4.78, 5) is 18.1. The molecular formula is C24H29ClN2O3S. The van der Waals surface area contributed by atoms with Crippen LogP contribution in [0.25, 0.3) is 10.2 Å². The van der Waals surface area contributed by atoms with E-state index >= 15 is 0 Å². The van der Waals surface area contributed by atoms with Crippen molar-refractivity contribution in [2.24, 2.45) is 4.99 Å². The largest absolute Gasteiger partial charge is 0.494 e. The van der Waals surface area contributed by atoms with Crippen LogP contribution < -0.4 is 9.54 Å². The van der Waals surface area contributed by atoms with E-state index in [1.165, 1.54) is 11.3 Å². The Bertz CT molecular complexity index is 1100. The highest BCUT2D eigenvalue weighted by molar-refractivity contribution is 7.16. The summed E-state index contributed by atoms with van der Waals surface area (Å²) < 4.78 is 14.4. The molecule has 0 N–H and O–H groups in total. The maximum atomic E-state index is 13.0. The number of unbranched alkanes of at least 4 members (excludes halogenated alkanes) is 2. The van der Waals surface area contributed by atoms with Gasteiger partial charge in [-0.25, -0.2) is 0 Å². The van der Waals surface area contributed by atoms with Crippen molar-refractivity contribution < 1.29 is 14.3 Å². The van der Waals surface area contributed by atoms with Gasteiger partial charge in [-0.05, 0) is 56.2 Å². The number of rotatable bonds is 10. The number of carbonyl (C=O) groups excluding carboxylic acids is 1. The van der Waals surface area contributed by atoms with Crippen LogP contribution in [0.5, 0.6) is 5.75 Å². The Morgan fingerprint density at radius 2 is 2.00 bits per heavy atom. The molecule has 5 nitrogen and oxygen atoms in total. The molecule has 0 bridgehead atoms. The minimum atomic E-state index is -0.292. The maximum Gasteiger partial charge on any atom is 0.279 e. The van der Waals surface area contributed by atoms with Gasteiger partial charge in [0.05, 0.1) is 23.4 Å². The SMILES string of the molecule is CCCCCOc1cccc(C(=O)N=c2sc3ccc(Cl)c(C)c3n2CCOCC)c1. The fourth-order valence-corrected chi connectivity index (χ4v) is 4.59. The molecule has 0 fully saturated rings. The first-order valence-corrected chi connectivity index (χ1v) is 11.9. The zero-order chi connectivity index (χ0) is 22.2. The molecule has 0 spiro atoms. The average molecular weight is 461 g/mol. The maximum absolute atomic E-state index is 13.0. The number of fused-ring (bicyclic) bond motifs is 1. The van der Waals surface area contributed by atoms with Crippen molar-refractivity contribution >= 4 is 39.1 Å². The topological polar surface area (TPSA) is 52.8 Å². The van der Waals surface area contributed by atoms with Crippen LogP contribution in [0.4, 0.5) is 0 Å². The van der Waals surface area contributed by atoms with Gasteiger partial charge in [-0.1, -0.05) is 48.8 Å². The second-order valence-corrected chi connectivity index (χ2v) is 8.67. The van der Waals surface area contributed by atoms with Crippen molar-refractivity contribution in [2.45, 2.75) is 46.6 Å². The van der Waals surface area contributed by atoms with E-state index in [-0.39, 0.29) is 5.91 Å². The molecule has 31 heavy (non-hydrogen) atoms. The van der Waals surface area contributed by atoms with Crippen molar-refractivity contribution in [2.75, 3.05) is 19.8 Å². The Morgan fingerprint density at radius 1 is 1.16 bits per heavy atom. The lowest BCUT2D eigenvalue weighted by molar-refractivity contribution is 0.0996. The van der Waals surface area contributed by atoms with Crippen molar-refractivity contribution in [3.63, 3.8) is 0 Å². The molecule has 1 amide bonds. The number of halogens is 1. The minimum Gasteiger partial charge on any atom is -0.494 e. The number of aromatic nitrogens is 1. The van der Waals surface area contributed by atoms with Gasteiger partial charge in [0, 0.05) is 23.7 Å². The standard InChI is InChI=1S/C24H29ClN2O3S/c1-4-6-7-14-30-19-10-8-9-18(16-19)23(28)26-24-27(13-15-29-5-2)22-17(3)20(25)11-12-21(22)31-24/h8-12,16H,4-7,13-15H2,1-3H3. The van der Waals surface area contributed by atoms with Crippen molar-refractivity contribution in [1.82, 2.24) is 4.57 Å². The van der Waals surface area contributed by atoms with Crippen LogP contribution in [0.3, 0.4) is 0 Å². The van der Waals surface area contributed by atoms with Gasteiger partial charge in [0.15, 0.2) is 4.80 Å². The van der Waals surface area contributed by atoms with E-state index in [2.05, 4.69) is 11.9 Å². The van der Waals surface area contributed by atoms with Gasteiger partial charge in [0.1, 0.15) is 5.75 Å². The molecule has 1 heterocycles. The van der Waals surface area contributed by atoms with Gasteiger partial charge >= 0.3 is 0 Å². The number of aryl methyl sites for hydroxylation is 1. The van der Waals surface area contributed by atoms with Crippen LogP contribution in [0, 0.1) is 6.92 Å². The van der Waals surface area contributed by atoms with Gasteiger partial charge in [0.2, 0.25) is 0 Å². The van der Waals surface area contributed by atoms with E-state index in [0.29, 0.717) is 47.5 Å². The number of thiazole rings is 1. The highest BCUT2D eigenvalue weighted by Crippen LogP contribution is 2.27. The first-order valence-electron chi connectivity index (χ1n) is 10.7. The van der Waals surface area contributed by atoms with E-state index in [1.54, 1.807) is 12.1 Å². The third-order valence-electron chi connectivity index (χ3n) is 4.99. The van der Waals surface area contributed by atoms with Gasteiger partial charge in [0.25, 0.3) is 5.91 Å². The Labute approximate surface area is 192 Å². The molecule has 3 aromatic rings. The summed E-state index contributed by atoms with van der Waals surface area (Å²) in [7, 11) is 0. The number of benzene rings is 2. The summed E-state index contributed by atoms with van der Waals surface area (Å²) >= 11 is 7.84. The predicted octanol–water partition coefficient (Wildman–Crippen LogP) is 6.01. The molecule has 0 radical (unpaired) electrons. The van der Waals surface area contributed by atoms with Gasteiger partial charge in [-0.2, -0.15) is 4.99 Å². The second kappa shape index (κ2) is 11.5. The third kappa shape index (κ3) is 5.97. The highest BCUT2D eigenvalue weighted by atomic mass is 35.5. The zero-order valence-electron chi connectivity index (χ0n) is 18.3. The van der Waals surface area contributed by atoms with Gasteiger partial charge < -0.3 is 14.0 Å². The summed E-state index contributed by atoms with van der Waals surface area (Å²) in [5.74, 6) is 0.403. The van der Waals surface area contributed by atoms with Crippen LogP contribution in [0.15, 0.2) is 41.4 Å². The third-order valence-corrected chi connectivity index (χ3v) is 6.44. The van der Waals surface area contributed by atoms with Crippen LogP contribution in [-0.2, 0) is 11.3 Å². The van der Waals surface area contributed by atoms with Crippen LogP contribution in [-0.4, -0.2) is 30.3 Å². The Kier molecular flexibility index (Phi) is 8.69. The van der Waals surface area contributed by atoms with E-state index in [9.17, 15) is 4.79 Å². The van der Waals surface area contributed by atoms with Crippen molar-refractivity contribution in [1.29, 1.82) is 0 Å². The molecule has 0 aliphatic rings. The molecule has 0 aliphatic heterocycles. The van der Waals surface area contributed by atoms with E-state index in [4.69, 9.17) is 21.1 Å². The fourth-order valence-electron chi connectivity index (χ4n) is 3.32. The smallest absolute Gasteiger partial charge is 0.279 e. The quantitative estimate of drug-likeness (QED) is 0.348. The predicted molar refractivity (Wildman–Crippen MR) is 127 cm³/mol. The first kappa shape index (κ1) is 23.5. The lowest BCUT2D eigenvalue weighted by atomic mass is 10.2. The summed E-state index contributed by atoms with van der Waals surface area (Å²) in [5.41, 5.74) is 2.48. The highest BCUT2D eigenvalue weighted by Gasteiger charge is 2.13. The van der Waals surface area contributed by atoms with E-state index in [0.717, 1.165) is 35.0 Å². The van der Waals surface area contributed by atoms with Crippen LogP contribution in [0.1, 0.15) is 49.0 Å². The normalized spacial score (nSPS) is 11.9. The molecule has 1 aromatic heterocycles. The van der Waals surface area contributed by atoms with Gasteiger partial charge in [-0.3, -0.25) is 4.79 Å². The Morgan fingerprint density at radius 3 is 2.77 bits per heavy atom. The van der Waals surface area contributed by atoms with Crippen molar-refractivity contribution in [3.8, 4) is 5.75 Å². The van der Waals surface area contributed by atoms with E-state index in [1.807, 2.05) is 42.7 Å². The first-order chi connectivity index (χ1) is 15.0. The summed E-state index contributed by atoms with van der Waals surface area (Å²) in [6.45, 7) is 8.53. The van der Waals surface area contributed by atoms with Crippen LogP contribution in [0.2, 0.25) is 5.02 Å². The molecular weight excluding hydrogens is 432 g/mol. The number of carbonyl (C=O) groups is 1. The fraction of sp³-hybridized carbons (Fsp3) is 0.417. The number of amides is 1. The number of hydrogen-bond acceptors (Lipinski definition) is 4. The lowest BCUT2D eigenvalue weighted by Crippen LogP contribution is -2.20. The molecule has 0 unspecified atom stereocenters. The Hall–Kier alpha value is -2.15. The molecule has 0 saturated carbocycles. The van der Waals surface area contributed by atoms with Crippen molar-refractivity contribution in [3.05, 3.63) is 57.3 Å². The zero-order valence-corrected chi connectivity index (χ0v) is 19.9. The minimum absolute atomic E-state index is 0.292. The average Bonchev–Trinajstić information content (AvgIpc) is 3.12. The molecule has 0 saturated heterocycles. The molecule has 0 aliphatic carbocycles. The molecule has 7 heteroatoms. The van der Waals surface area contributed by atoms with Gasteiger partial charge in [-0.15, -0.1) is 0 Å². The lowest BCUT2D eigenvalue weighted by Gasteiger charge is -2.08. The molecule has 2 aromatic carbocycles. The van der Waals surface area contributed by atoms with E-state index < -0.39 is 0 Å². The Balaban J connectivity index is 1.93. The molecule has 3 rings (SSSR count). The number of hydrogen-bond donors (Lipinski definition) is 0. The number of nitrogens with zero attached hydrogens (tertiary/aromatic N) is 2. The second-order valence-electron chi connectivity index (χ2n) is 7.25. The van der Waals surface area contributed by atoms with Crippen LogP contribution >= 0.6 is 22.9 Å². The number of ether oxygens (including phenoxy) is 2. The summed E-state index contributed by atoms with van der Waals surface area (Å²) in [6, 6.07) is 11.1. The molecule has 166 valence electrons. The molecule has 0 atom stereocenters.